The highest BCUT2D eigenvalue weighted by Gasteiger charge is 2.17. The van der Waals surface area contributed by atoms with Crippen LogP contribution in [0.1, 0.15) is 16.7 Å². The van der Waals surface area contributed by atoms with E-state index < -0.39 is 0 Å². The first-order chi connectivity index (χ1) is 8.65. The van der Waals surface area contributed by atoms with Gasteiger partial charge in [0.05, 0.1) is 0 Å². The molecule has 0 aliphatic carbocycles. The molecular weight excluding hydrogens is 228 g/mol. The van der Waals surface area contributed by atoms with Crippen LogP contribution >= 0.6 is 0 Å². The summed E-state index contributed by atoms with van der Waals surface area (Å²) >= 11 is 0. The van der Waals surface area contributed by atoms with Crippen molar-refractivity contribution in [3.63, 3.8) is 0 Å². The maximum absolute atomic E-state index is 11.8. The van der Waals surface area contributed by atoms with Crippen LogP contribution in [0.2, 0.25) is 0 Å². The van der Waals surface area contributed by atoms with E-state index in [1.165, 1.54) is 11.1 Å². The molecule has 1 N–H and O–H groups in total. The minimum absolute atomic E-state index is 0.212. The standard InChI is InChI=1S/C14H20N2O2/c1-11-7-12(2)9-13(8-11)10-18-14(17)16-5-3-15-4-6-16/h7-9,15H,3-6,10H2,1-2H3. The normalized spacial score (nSPS) is 15.6. The summed E-state index contributed by atoms with van der Waals surface area (Å²) < 4.78 is 5.34. The monoisotopic (exact) mass is 248 g/mol. The topological polar surface area (TPSA) is 41.6 Å². The van der Waals surface area contributed by atoms with E-state index in [1.54, 1.807) is 4.90 Å². The third kappa shape index (κ3) is 3.47. The molecule has 0 atom stereocenters. The van der Waals surface area contributed by atoms with Gasteiger partial charge in [-0.15, -0.1) is 0 Å². The lowest BCUT2D eigenvalue weighted by Crippen LogP contribution is -2.46. The molecule has 1 saturated heterocycles. The molecule has 2 rings (SSSR count). The molecule has 0 aromatic heterocycles. The number of amides is 1. The SMILES string of the molecule is Cc1cc(C)cc(COC(=O)N2CCNCC2)c1. The molecular formula is C14H20N2O2. The molecule has 18 heavy (non-hydrogen) atoms. The molecule has 4 nitrogen and oxygen atoms in total. The van der Waals surface area contributed by atoms with Crippen molar-refractivity contribution in [2.75, 3.05) is 26.2 Å². The zero-order chi connectivity index (χ0) is 13.0. The highest BCUT2D eigenvalue weighted by Crippen LogP contribution is 2.10. The summed E-state index contributed by atoms with van der Waals surface area (Å²) in [5.74, 6) is 0. The van der Waals surface area contributed by atoms with Crippen molar-refractivity contribution in [1.82, 2.24) is 10.2 Å². The quantitative estimate of drug-likeness (QED) is 0.868. The molecule has 0 radical (unpaired) electrons. The number of piperazine rings is 1. The van der Waals surface area contributed by atoms with Crippen molar-refractivity contribution in [3.05, 3.63) is 34.9 Å². The number of nitrogens with one attached hydrogen (secondary N) is 1. The van der Waals surface area contributed by atoms with Crippen LogP contribution in [0, 0.1) is 13.8 Å². The van der Waals surface area contributed by atoms with Crippen molar-refractivity contribution >= 4 is 6.09 Å². The third-order valence-electron chi connectivity index (χ3n) is 3.02. The number of carbonyl (C=O) groups is 1. The van der Waals surface area contributed by atoms with Crippen LogP contribution in [0.5, 0.6) is 0 Å². The Labute approximate surface area is 108 Å². The van der Waals surface area contributed by atoms with E-state index in [0.29, 0.717) is 6.61 Å². The van der Waals surface area contributed by atoms with E-state index in [9.17, 15) is 4.79 Å². The van der Waals surface area contributed by atoms with Crippen LogP contribution in [0.25, 0.3) is 0 Å². The smallest absolute Gasteiger partial charge is 0.410 e. The fourth-order valence-corrected chi connectivity index (χ4v) is 2.24. The highest BCUT2D eigenvalue weighted by atomic mass is 16.6. The number of hydrogen-bond acceptors (Lipinski definition) is 3. The van der Waals surface area contributed by atoms with Crippen LogP contribution < -0.4 is 5.32 Å². The van der Waals surface area contributed by atoms with E-state index in [1.807, 2.05) is 0 Å². The van der Waals surface area contributed by atoms with Crippen LogP contribution in [0.3, 0.4) is 0 Å². The zero-order valence-electron chi connectivity index (χ0n) is 11.0. The van der Waals surface area contributed by atoms with Gasteiger partial charge in [-0.25, -0.2) is 4.79 Å². The van der Waals surface area contributed by atoms with E-state index in [2.05, 4.69) is 37.4 Å². The van der Waals surface area contributed by atoms with Gasteiger partial charge in [-0.2, -0.15) is 0 Å². The minimum atomic E-state index is -0.212. The first-order valence-electron chi connectivity index (χ1n) is 6.35. The Morgan fingerprint density at radius 2 is 1.83 bits per heavy atom. The molecule has 0 bridgehead atoms. The third-order valence-corrected chi connectivity index (χ3v) is 3.02. The molecule has 1 heterocycles. The Balaban J connectivity index is 1.88. The number of aryl methyl sites for hydroxylation is 2. The number of hydrogen-bond donors (Lipinski definition) is 1. The van der Waals surface area contributed by atoms with Gasteiger partial charge in [0.2, 0.25) is 0 Å². The summed E-state index contributed by atoms with van der Waals surface area (Å²) in [5.41, 5.74) is 3.45. The lowest BCUT2D eigenvalue weighted by atomic mass is 10.1. The van der Waals surface area contributed by atoms with Crippen LogP contribution in [0.15, 0.2) is 18.2 Å². The first-order valence-corrected chi connectivity index (χ1v) is 6.35. The highest BCUT2D eigenvalue weighted by molar-refractivity contribution is 5.67. The molecule has 1 aromatic carbocycles. The molecule has 1 amide bonds. The van der Waals surface area contributed by atoms with Crippen LogP contribution in [-0.2, 0) is 11.3 Å². The van der Waals surface area contributed by atoms with Crippen molar-refractivity contribution in [2.45, 2.75) is 20.5 Å². The van der Waals surface area contributed by atoms with Gasteiger partial charge in [-0.1, -0.05) is 29.3 Å². The second-order valence-corrected chi connectivity index (χ2v) is 4.79. The maximum atomic E-state index is 11.8. The summed E-state index contributed by atoms with van der Waals surface area (Å²) in [4.78, 5) is 13.6. The number of ether oxygens (including phenoxy) is 1. The lowest BCUT2D eigenvalue weighted by molar-refractivity contribution is 0.0918. The van der Waals surface area contributed by atoms with Gasteiger partial charge in [0.1, 0.15) is 6.61 Å². The van der Waals surface area contributed by atoms with Gasteiger partial charge in [0, 0.05) is 26.2 Å². The molecule has 1 aliphatic rings. The molecule has 4 heteroatoms. The summed E-state index contributed by atoms with van der Waals surface area (Å²) in [6.45, 7) is 7.60. The van der Waals surface area contributed by atoms with Crippen LogP contribution in [0.4, 0.5) is 4.79 Å². The molecule has 1 fully saturated rings. The number of rotatable bonds is 2. The predicted octanol–water partition coefficient (Wildman–Crippen LogP) is 1.85. The molecule has 0 unspecified atom stereocenters. The second kappa shape index (κ2) is 5.87. The van der Waals surface area contributed by atoms with E-state index in [-0.39, 0.29) is 6.09 Å². The summed E-state index contributed by atoms with van der Waals surface area (Å²) in [6.07, 6.45) is -0.212. The number of benzene rings is 1. The molecule has 1 aromatic rings. The van der Waals surface area contributed by atoms with E-state index in [0.717, 1.165) is 31.7 Å². The van der Waals surface area contributed by atoms with Crippen molar-refractivity contribution < 1.29 is 9.53 Å². The summed E-state index contributed by atoms with van der Waals surface area (Å²) in [7, 11) is 0. The molecule has 0 spiro atoms. The van der Waals surface area contributed by atoms with E-state index in [4.69, 9.17) is 4.74 Å². The Morgan fingerprint density at radius 1 is 1.22 bits per heavy atom. The summed E-state index contributed by atoms with van der Waals surface area (Å²) in [6, 6.07) is 6.22. The minimum Gasteiger partial charge on any atom is -0.445 e. The van der Waals surface area contributed by atoms with Gasteiger partial charge in [-0.05, 0) is 19.4 Å². The van der Waals surface area contributed by atoms with Gasteiger partial charge in [-0.3, -0.25) is 0 Å². The largest absolute Gasteiger partial charge is 0.445 e. The molecule has 98 valence electrons. The number of carbonyl (C=O) groups excluding carboxylic acids is 1. The Bertz CT molecular complexity index is 406. The zero-order valence-corrected chi connectivity index (χ0v) is 11.0. The Kier molecular flexibility index (Phi) is 4.20. The van der Waals surface area contributed by atoms with Crippen molar-refractivity contribution in [2.24, 2.45) is 0 Å². The molecule has 1 aliphatic heterocycles. The van der Waals surface area contributed by atoms with Gasteiger partial charge in [0.25, 0.3) is 0 Å². The second-order valence-electron chi connectivity index (χ2n) is 4.79. The Morgan fingerprint density at radius 3 is 2.44 bits per heavy atom. The van der Waals surface area contributed by atoms with E-state index >= 15 is 0 Å². The average Bonchev–Trinajstić information content (AvgIpc) is 2.36. The van der Waals surface area contributed by atoms with Crippen LogP contribution in [-0.4, -0.2) is 37.2 Å². The molecule has 0 saturated carbocycles. The first kappa shape index (κ1) is 12.9. The summed E-state index contributed by atoms with van der Waals surface area (Å²) in [5, 5.41) is 3.21. The average molecular weight is 248 g/mol. The lowest BCUT2D eigenvalue weighted by Gasteiger charge is -2.26. The fraction of sp³-hybridized carbons (Fsp3) is 0.500. The van der Waals surface area contributed by atoms with Gasteiger partial charge >= 0.3 is 6.09 Å². The van der Waals surface area contributed by atoms with Gasteiger partial charge < -0.3 is 15.0 Å². The maximum Gasteiger partial charge on any atom is 0.410 e. The van der Waals surface area contributed by atoms with Crippen molar-refractivity contribution in [3.8, 4) is 0 Å². The number of nitrogens with zero attached hydrogens (tertiary/aromatic N) is 1. The fourth-order valence-electron chi connectivity index (χ4n) is 2.24. The van der Waals surface area contributed by atoms with Crippen molar-refractivity contribution in [1.29, 1.82) is 0 Å². The van der Waals surface area contributed by atoms with Gasteiger partial charge in [0.15, 0.2) is 0 Å². The Hall–Kier alpha value is -1.55. The predicted molar refractivity (Wildman–Crippen MR) is 70.5 cm³/mol.